The molecule has 0 aliphatic carbocycles. The molecule has 0 aliphatic rings. The number of aryl methyl sites for hydroxylation is 2. The molecule has 0 saturated heterocycles. The summed E-state index contributed by atoms with van der Waals surface area (Å²) in [5.41, 5.74) is 3.74. The van der Waals surface area contributed by atoms with Gasteiger partial charge in [-0.15, -0.1) is 0 Å². The van der Waals surface area contributed by atoms with E-state index in [1.807, 2.05) is 24.3 Å². The van der Waals surface area contributed by atoms with Crippen molar-refractivity contribution in [3.8, 4) is 0 Å². The standard InChI is InChI=1S/C15H25N5/c1-6-14-12(9-19(5)18-14)10-20-11-16-7-13(20)8-17-15(2,3)4/h7,9,11,17H,6,8,10H2,1-5H3. The molecule has 0 radical (unpaired) electrons. The summed E-state index contributed by atoms with van der Waals surface area (Å²) < 4.78 is 4.08. The predicted octanol–water partition coefficient (Wildman–Crippen LogP) is 2.12. The van der Waals surface area contributed by atoms with Gasteiger partial charge in [-0.3, -0.25) is 4.68 Å². The van der Waals surface area contributed by atoms with E-state index in [9.17, 15) is 0 Å². The summed E-state index contributed by atoms with van der Waals surface area (Å²) in [6.07, 6.45) is 6.88. The van der Waals surface area contributed by atoms with Crippen LogP contribution in [0.1, 0.15) is 44.6 Å². The van der Waals surface area contributed by atoms with Gasteiger partial charge in [-0.25, -0.2) is 4.98 Å². The molecule has 0 atom stereocenters. The number of nitrogens with zero attached hydrogens (tertiary/aromatic N) is 4. The van der Waals surface area contributed by atoms with Crippen molar-refractivity contribution in [3.63, 3.8) is 0 Å². The van der Waals surface area contributed by atoms with Crippen molar-refractivity contribution >= 4 is 0 Å². The highest BCUT2D eigenvalue weighted by atomic mass is 15.3. The fourth-order valence-corrected chi connectivity index (χ4v) is 2.19. The summed E-state index contributed by atoms with van der Waals surface area (Å²) in [4.78, 5) is 4.28. The average Bonchev–Trinajstić information content (AvgIpc) is 2.93. The Kier molecular flexibility index (Phi) is 4.28. The van der Waals surface area contributed by atoms with Gasteiger partial charge in [0.05, 0.1) is 24.3 Å². The second-order valence-corrected chi connectivity index (χ2v) is 6.24. The molecule has 0 fully saturated rings. The zero-order chi connectivity index (χ0) is 14.8. The lowest BCUT2D eigenvalue weighted by atomic mass is 10.1. The fraction of sp³-hybridized carbons (Fsp3) is 0.600. The molecular weight excluding hydrogens is 250 g/mol. The topological polar surface area (TPSA) is 47.7 Å². The molecule has 110 valence electrons. The number of aromatic nitrogens is 4. The van der Waals surface area contributed by atoms with E-state index in [1.54, 1.807) is 0 Å². The SMILES string of the molecule is CCc1nn(C)cc1Cn1cncc1CNC(C)(C)C. The minimum atomic E-state index is 0.109. The van der Waals surface area contributed by atoms with Gasteiger partial charge in [0.15, 0.2) is 0 Å². The molecule has 0 aromatic carbocycles. The number of rotatable bonds is 5. The third-order valence-corrected chi connectivity index (χ3v) is 3.27. The molecule has 2 aromatic heterocycles. The van der Waals surface area contributed by atoms with Crippen LogP contribution in [-0.4, -0.2) is 24.9 Å². The molecule has 0 saturated carbocycles. The van der Waals surface area contributed by atoms with Crippen LogP contribution in [0.2, 0.25) is 0 Å². The van der Waals surface area contributed by atoms with Crippen LogP contribution in [0.3, 0.4) is 0 Å². The fourth-order valence-electron chi connectivity index (χ4n) is 2.19. The summed E-state index contributed by atoms with van der Waals surface area (Å²) in [5, 5.41) is 7.99. The highest BCUT2D eigenvalue weighted by molar-refractivity contribution is 5.18. The zero-order valence-corrected chi connectivity index (χ0v) is 13.1. The van der Waals surface area contributed by atoms with E-state index < -0.39 is 0 Å². The maximum absolute atomic E-state index is 4.49. The molecule has 0 unspecified atom stereocenters. The van der Waals surface area contributed by atoms with Gasteiger partial charge in [0.25, 0.3) is 0 Å². The normalized spacial score (nSPS) is 12.1. The van der Waals surface area contributed by atoms with Crippen molar-refractivity contribution in [2.45, 2.75) is 52.7 Å². The van der Waals surface area contributed by atoms with E-state index in [2.05, 4.69) is 53.9 Å². The Morgan fingerprint density at radius 3 is 2.70 bits per heavy atom. The van der Waals surface area contributed by atoms with Crippen LogP contribution < -0.4 is 5.32 Å². The van der Waals surface area contributed by atoms with E-state index in [4.69, 9.17) is 0 Å². The van der Waals surface area contributed by atoms with Crippen LogP contribution in [0.4, 0.5) is 0 Å². The molecule has 5 heteroatoms. The molecule has 2 aromatic rings. The lowest BCUT2D eigenvalue weighted by Gasteiger charge is -2.21. The minimum Gasteiger partial charge on any atom is -0.329 e. The molecule has 2 rings (SSSR count). The maximum Gasteiger partial charge on any atom is 0.0951 e. The van der Waals surface area contributed by atoms with Gasteiger partial charge < -0.3 is 9.88 Å². The molecular formula is C15H25N5. The smallest absolute Gasteiger partial charge is 0.0951 e. The highest BCUT2D eigenvalue weighted by Crippen LogP contribution is 2.12. The van der Waals surface area contributed by atoms with Crippen LogP contribution >= 0.6 is 0 Å². The van der Waals surface area contributed by atoms with Gasteiger partial charge in [-0.05, 0) is 27.2 Å². The van der Waals surface area contributed by atoms with Crippen LogP contribution in [0.5, 0.6) is 0 Å². The van der Waals surface area contributed by atoms with Gasteiger partial charge in [-0.2, -0.15) is 5.10 Å². The minimum absolute atomic E-state index is 0.109. The van der Waals surface area contributed by atoms with E-state index in [0.29, 0.717) is 0 Å². The van der Waals surface area contributed by atoms with Crippen molar-refractivity contribution in [1.29, 1.82) is 0 Å². The lowest BCUT2D eigenvalue weighted by Crippen LogP contribution is -2.35. The van der Waals surface area contributed by atoms with Crippen molar-refractivity contribution in [3.05, 3.63) is 35.7 Å². The Morgan fingerprint density at radius 2 is 2.05 bits per heavy atom. The molecule has 20 heavy (non-hydrogen) atoms. The predicted molar refractivity (Wildman–Crippen MR) is 80.5 cm³/mol. The lowest BCUT2D eigenvalue weighted by molar-refractivity contribution is 0.417. The van der Waals surface area contributed by atoms with Crippen LogP contribution in [0.15, 0.2) is 18.7 Å². The van der Waals surface area contributed by atoms with E-state index >= 15 is 0 Å². The molecule has 0 spiro atoms. The Labute approximate surface area is 121 Å². The second-order valence-electron chi connectivity index (χ2n) is 6.24. The first-order valence-corrected chi connectivity index (χ1v) is 7.14. The number of hydrogen-bond donors (Lipinski definition) is 1. The van der Waals surface area contributed by atoms with Gasteiger partial charge in [-0.1, -0.05) is 6.92 Å². The third-order valence-electron chi connectivity index (χ3n) is 3.27. The van der Waals surface area contributed by atoms with Gasteiger partial charge in [0, 0.05) is 37.1 Å². The number of nitrogens with one attached hydrogen (secondary N) is 1. The van der Waals surface area contributed by atoms with Gasteiger partial charge in [0.2, 0.25) is 0 Å². The van der Waals surface area contributed by atoms with Gasteiger partial charge in [0.1, 0.15) is 0 Å². The number of imidazole rings is 1. The molecule has 0 aliphatic heterocycles. The first kappa shape index (κ1) is 14.8. The Balaban J connectivity index is 2.12. The van der Waals surface area contributed by atoms with Gasteiger partial charge >= 0.3 is 0 Å². The van der Waals surface area contributed by atoms with Crippen molar-refractivity contribution in [2.75, 3.05) is 0 Å². The van der Waals surface area contributed by atoms with E-state index in [1.165, 1.54) is 11.3 Å². The van der Waals surface area contributed by atoms with E-state index in [-0.39, 0.29) is 5.54 Å². The molecule has 0 amide bonds. The first-order valence-electron chi connectivity index (χ1n) is 7.14. The van der Waals surface area contributed by atoms with Crippen molar-refractivity contribution in [1.82, 2.24) is 24.6 Å². The Hall–Kier alpha value is -1.62. The molecule has 1 N–H and O–H groups in total. The largest absolute Gasteiger partial charge is 0.329 e. The summed E-state index contributed by atoms with van der Waals surface area (Å²) in [5.74, 6) is 0. The van der Waals surface area contributed by atoms with E-state index in [0.717, 1.165) is 25.2 Å². The van der Waals surface area contributed by atoms with Crippen LogP contribution in [0, 0.1) is 0 Å². The summed E-state index contributed by atoms with van der Waals surface area (Å²) in [7, 11) is 1.97. The Bertz CT molecular complexity index is 559. The average molecular weight is 275 g/mol. The Morgan fingerprint density at radius 1 is 1.30 bits per heavy atom. The monoisotopic (exact) mass is 275 g/mol. The summed E-state index contributed by atoms with van der Waals surface area (Å²) >= 11 is 0. The molecule has 2 heterocycles. The second kappa shape index (κ2) is 5.79. The van der Waals surface area contributed by atoms with Crippen molar-refractivity contribution in [2.24, 2.45) is 7.05 Å². The quantitative estimate of drug-likeness (QED) is 0.909. The summed E-state index contributed by atoms with van der Waals surface area (Å²) in [6.45, 7) is 10.3. The zero-order valence-electron chi connectivity index (χ0n) is 13.1. The maximum atomic E-state index is 4.49. The number of hydrogen-bond acceptors (Lipinski definition) is 3. The van der Waals surface area contributed by atoms with Crippen LogP contribution in [0.25, 0.3) is 0 Å². The summed E-state index contributed by atoms with van der Waals surface area (Å²) in [6, 6.07) is 0. The van der Waals surface area contributed by atoms with Crippen LogP contribution in [-0.2, 0) is 26.6 Å². The molecule has 0 bridgehead atoms. The molecule has 5 nitrogen and oxygen atoms in total. The highest BCUT2D eigenvalue weighted by Gasteiger charge is 2.12. The first-order chi connectivity index (χ1) is 9.39. The van der Waals surface area contributed by atoms with Crippen molar-refractivity contribution < 1.29 is 0 Å². The third kappa shape index (κ3) is 3.70.